The van der Waals surface area contributed by atoms with E-state index >= 15 is 0 Å². The first-order valence-corrected chi connectivity index (χ1v) is 10.1. The zero-order valence-electron chi connectivity index (χ0n) is 17.0. The highest BCUT2D eigenvalue weighted by molar-refractivity contribution is 6.10. The third-order valence-electron chi connectivity index (χ3n) is 6.06. The standard InChI is InChI=1S/C22H28N6O/c1-4-21(20-6-5-16(9-22(20)29)18-10-23-24-11-18)26-25-15(2)28-13-17-7-8-27(3)12-19(17)14-28/h4-6,9-11,17,19,29H,1,7-8,12-14H2,2-3H3,(H,23,24)/b25-15+,26-21+. The lowest BCUT2D eigenvalue weighted by molar-refractivity contribution is 0.178. The second-order valence-corrected chi connectivity index (χ2v) is 8.03. The molecule has 0 saturated carbocycles. The molecule has 2 aliphatic rings. The summed E-state index contributed by atoms with van der Waals surface area (Å²) < 4.78 is 0. The molecule has 1 aromatic heterocycles. The number of aromatic amines is 1. The number of hydrogen-bond donors (Lipinski definition) is 2. The number of aromatic hydroxyl groups is 1. The number of phenolic OH excluding ortho intramolecular Hbond substituents is 1. The summed E-state index contributed by atoms with van der Waals surface area (Å²) in [5, 5.41) is 26.1. The molecule has 2 N–H and O–H groups in total. The van der Waals surface area contributed by atoms with Gasteiger partial charge in [-0.05, 0) is 62.5 Å². The van der Waals surface area contributed by atoms with Crippen molar-refractivity contribution < 1.29 is 5.11 Å². The lowest BCUT2D eigenvalue weighted by Gasteiger charge is -2.31. The number of fused-ring (bicyclic) bond motifs is 1. The van der Waals surface area contributed by atoms with Crippen LogP contribution in [0.5, 0.6) is 5.75 Å². The predicted molar refractivity (Wildman–Crippen MR) is 116 cm³/mol. The van der Waals surface area contributed by atoms with Gasteiger partial charge in [0.25, 0.3) is 0 Å². The number of benzene rings is 1. The minimum Gasteiger partial charge on any atom is -0.507 e. The minimum absolute atomic E-state index is 0.144. The Labute approximate surface area is 171 Å². The fourth-order valence-corrected chi connectivity index (χ4v) is 4.35. The Bertz CT molecular complexity index is 933. The molecule has 152 valence electrons. The summed E-state index contributed by atoms with van der Waals surface area (Å²) in [4.78, 5) is 4.75. The fourth-order valence-electron chi connectivity index (χ4n) is 4.35. The van der Waals surface area contributed by atoms with E-state index in [9.17, 15) is 5.11 Å². The van der Waals surface area contributed by atoms with Crippen LogP contribution in [0.2, 0.25) is 0 Å². The summed E-state index contributed by atoms with van der Waals surface area (Å²) in [6.07, 6.45) is 6.39. The largest absolute Gasteiger partial charge is 0.507 e. The van der Waals surface area contributed by atoms with Gasteiger partial charge in [-0.3, -0.25) is 5.10 Å². The lowest BCUT2D eigenvalue weighted by Crippen LogP contribution is -2.37. The molecule has 29 heavy (non-hydrogen) atoms. The molecule has 0 bridgehead atoms. The Kier molecular flexibility index (Phi) is 5.49. The van der Waals surface area contributed by atoms with Crippen molar-refractivity contribution in [2.24, 2.45) is 22.0 Å². The van der Waals surface area contributed by atoms with E-state index in [2.05, 4.69) is 43.8 Å². The van der Waals surface area contributed by atoms with Crippen molar-refractivity contribution in [3.8, 4) is 16.9 Å². The number of rotatable bonds is 4. The maximum Gasteiger partial charge on any atom is 0.125 e. The van der Waals surface area contributed by atoms with Crippen LogP contribution in [-0.2, 0) is 0 Å². The maximum atomic E-state index is 10.5. The first kappa shape index (κ1) is 19.4. The van der Waals surface area contributed by atoms with Crippen molar-refractivity contribution in [1.82, 2.24) is 20.0 Å². The molecule has 3 heterocycles. The van der Waals surface area contributed by atoms with Gasteiger partial charge in [0, 0.05) is 37.0 Å². The summed E-state index contributed by atoms with van der Waals surface area (Å²) >= 11 is 0. The number of nitrogens with one attached hydrogen (secondary N) is 1. The zero-order chi connectivity index (χ0) is 20.4. The molecule has 2 aromatic rings. The van der Waals surface area contributed by atoms with E-state index in [-0.39, 0.29) is 5.75 Å². The van der Waals surface area contributed by atoms with Gasteiger partial charge in [-0.25, -0.2) is 0 Å². The van der Waals surface area contributed by atoms with Gasteiger partial charge in [-0.15, -0.1) is 10.2 Å². The first-order valence-electron chi connectivity index (χ1n) is 10.1. The highest BCUT2D eigenvalue weighted by Gasteiger charge is 2.36. The molecule has 7 heteroatoms. The summed E-state index contributed by atoms with van der Waals surface area (Å²) in [6.45, 7) is 10.3. The summed E-state index contributed by atoms with van der Waals surface area (Å²) in [6, 6.07) is 5.47. The molecule has 0 amide bonds. The molecule has 0 radical (unpaired) electrons. The number of nitrogens with zero attached hydrogens (tertiary/aromatic N) is 5. The number of H-pyrrole nitrogens is 1. The second kappa shape index (κ2) is 8.21. The highest BCUT2D eigenvalue weighted by Crippen LogP contribution is 2.31. The number of aromatic nitrogens is 2. The molecule has 7 nitrogen and oxygen atoms in total. The summed E-state index contributed by atoms with van der Waals surface area (Å²) in [7, 11) is 2.20. The molecule has 2 fully saturated rings. The van der Waals surface area contributed by atoms with Crippen LogP contribution in [0.15, 0.2) is 53.5 Å². The van der Waals surface area contributed by atoms with Gasteiger partial charge < -0.3 is 14.9 Å². The van der Waals surface area contributed by atoms with Crippen LogP contribution in [0.25, 0.3) is 11.1 Å². The normalized spacial score (nSPS) is 23.3. The molecular formula is C22H28N6O. The van der Waals surface area contributed by atoms with E-state index in [0.717, 1.165) is 42.5 Å². The van der Waals surface area contributed by atoms with Crippen LogP contribution in [0.1, 0.15) is 18.9 Å². The third-order valence-corrected chi connectivity index (χ3v) is 6.06. The SMILES string of the molecule is C=C/C(=N\N=C(/C)N1CC2CCN(C)CC2C1)c1ccc(-c2cn[nH]c2)cc1O. The van der Waals surface area contributed by atoms with Gasteiger partial charge >= 0.3 is 0 Å². The summed E-state index contributed by atoms with van der Waals surface area (Å²) in [5.74, 6) is 2.52. The van der Waals surface area contributed by atoms with E-state index in [1.807, 2.05) is 19.1 Å². The number of phenols is 1. The predicted octanol–water partition coefficient (Wildman–Crippen LogP) is 2.97. The molecular weight excluding hydrogens is 364 g/mol. The van der Waals surface area contributed by atoms with Crippen LogP contribution < -0.4 is 0 Å². The molecule has 1 aromatic carbocycles. The number of amidine groups is 1. The maximum absolute atomic E-state index is 10.5. The van der Waals surface area contributed by atoms with E-state index in [4.69, 9.17) is 0 Å². The average Bonchev–Trinajstić information content (AvgIpc) is 3.38. The Morgan fingerprint density at radius 1 is 1.24 bits per heavy atom. The highest BCUT2D eigenvalue weighted by atomic mass is 16.3. The van der Waals surface area contributed by atoms with Gasteiger partial charge in [-0.1, -0.05) is 12.6 Å². The topological polar surface area (TPSA) is 80.1 Å². The Hall–Kier alpha value is -2.93. The summed E-state index contributed by atoms with van der Waals surface area (Å²) in [5.41, 5.74) is 2.96. The van der Waals surface area contributed by atoms with Crippen LogP contribution in [0, 0.1) is 11.8 Å². The van der Waals surface area contributed by atoms with Crippen molar-refractivity contribution in [3.63, 3.8) is 0 Å². The van der Waals surface area contributed by atoms with Crippen LogP contribution in [-0.4, -0.2) is 69.9 Å². The van der Waals surface area contributed by atoms with Crippen molar-refractivity contribution >= 4 is 11.5 Å². The van der Waals surface area contributed by atoms with E-state index in [1.165, 1.54) is 13.0 Å². The number of hydrogen-bond acceptors (Lipinski definition) is 5. The molecule has 2 atom stereocenters. The number of piperidine rings is 1. The lowest BCUT2D eigenvalue weighted by atomic mass is 9.89. The van der Waals surface area contributed by atoms with Crippen LogP contribution in [0.4, 0.5) is 0 Å². The smallest absolute Gasteiger partial charge is 0.125 e. The van der Waals surface area contributed by atoms with Crippen molar-refractivity contribution in [2.45, 2.75) is 13.3 Å². The third kappa shape index (κ3) is 4.10. The number of likely N-dealkylation sites (tertiary alicyclic amines) is 2. The Morgan fingerprint density at radius 2 is 2.07 bits per heavy atom. The molecule has 0 spiro atoms. The monoisotopic (exact) mass is 392 g/mol. The minimum atomic E-state index is 0.144. The number of allylic oxidation sites excluding steroid dienone is 1. The first-order chi connectivity index (χ1) is 14.0. The zero-order valence-corrected chi connectivity index (χ0v) is 17.0. The van der Waals surface area contributed by atoms with Gasteiger partial charge in [0.15, 0.2) is 0 Å². The molecule has 4 rings (SSSR count). The van der Waals surface area contributed by atoms with Crippen LogP contribution in [0.3, 0.4) is 0 Å². The second-order valence-electron chi connectivity index (χ2n) is 8.03. The van der Waals surface area contributed by atoms with Crippen molar-refractivity contribution in [1.29, 1.82) is 0 Å². The molecule has 2 unspecified atom stereocenters. The quantitative estimate of drug-likeness (QED) is 0.476. The molecule has 0 aliphatic carbocycles. The van der Waals surface area contributed by atoms with E-state index in [1.54, 1.807) is 24.5 Å². The molecule has 2 saturated heterocycles. The van der Waals surface area contributed by atoms with E-state index < -0.39 is 0 Å². The van der Waals surface area contributed by atoms with Crippen molar-refractivity contribution in [2.75, 3.05) is 33.2 Å². The van der Waals surface area contributed by atoms with Gasteiger partial charge in [0.2, 0.25) is 0 Å². The average molecular weight is 393 g/mol. The van der Waals surface area contributed by atoms with Gasteiger partial charge in [0.05, 0.1) is 11.9 Å². The van der Waals surface area contributed by atoms with Gasteiger partial charge in [-0.2, -0.15) is 5.10 Å². The molecule has 2 aliphatic heterocycles. The van der Waals surface area contributed by atoms with Crippen LogP contribution >= 0.6 is 0 Å². The van der Waals surface area contributed by atoms with Crippen molar-refractivity contribution in [3.05, 3.63) is 48.8 Å². The van der Waals surface area contributed by atoms with E-state index in [0.29, 0.717) is 17.2 Å². The fraction of sp³-hybridized carbons (Fsp3) is 0.409. The Balaban J connectivity index is 1.51. The van der Waals surface area contributed by atoms with Gasteiger partial charge in [0.1, 0.15) is 11.6 Å². The Morgan fingerprint density at radius 3 is 2.79 bits per heavy atom.